The van der Waals surface area contributed by atoms with Crippen LogP contribution in [-0.4, -0.2) is 56.0 Å². The number of rotatable bonds is 2. The smallest absolute Gasteiger partial charge is 0.264 e. The van der Waals surface area contributed by atoms with Gasteiger partial charge in [0.1, 0.15) is 0 Å². The van der Waals surface area contributed by atoms with Gasteiger partial charge < -0.3 is 4.90 Å². The van der Waals surface area contributed by atoms with Gasteiger partial charge in [-0.05, 0) is 37.3 Å². The quantitative estimate of drug-likeness (QED) is 0.769. The van der Waals surface area contributed by atoms with E-state index in [1.54, 1.807) is 16.2 Å². The van der Waals surface area contributed by atoms with Crippen LogP contribution in [0.2, 0.25) is 0 Å². The summed E-state index contributed by atoms with van der Waals surface area (Å²) in [4.78, 5) is 16.6. The first-order valence-electron chi connectivity index (χ1n) is 7.81. The number of hydrogen-bond acceptors (Lipinski definition) is 4. The molecule has 0 unspecified atom stereocenters. The molecule has 1 saturated heterocycles. The zero-order chi connectivity index (χ0) is 15.7. The van der Waals surface area contributed by atoms with Crippen molar-refractivity contribution in [1.29, 1.82) is 0 Å². The second-order valence-corrected chi connectivity index (χ2v) is 9.19. The highest BCUT2D eigenvalue weighted by molar-refractivity contribution is 7.88. The molecule has 1 fully saturated rings. The summed E-state index contributed by atoms with van der Waals surface area (Å²) in [6.07, 6.45) is 7.10. The third-order valence-corrected chi connectivity index (χ3v) is 6.98. The van der Waals surface area contributed by atoms with Gasteiger partial charge in [0.05, 0.1) is 11.1 Å². The molecule has 7 heteroatoms. The predicted molar refractivity (Wildman–Crippen MR) is 87.9 cm³/mol. The van der Waals surface area contributed by atoms with Gasteiger partial charge in [-0.1, -0.05) is 6.42 Å². The summed E-state index contributed by atoms with van der Waals surface area (Å²) < 4.78 is 24.5. The molecule has 0 radical (unpaired) electrons. The number of amides is 1. The summed E-state index contributed by atoms with van der Waals surface area (Å²) in [6, 6.07) is 2.07. The number of sulfonamides is 1. The van der Waals surface area contributed by atoms with Crippen molar-refractivity contribution in [1.82, 2.24) is 9.21 Å². The van der Waals surface area contributed by atoms with E-state index in [4.69, 9.17) is 0 Å². The van der Waals surface area contributed by atoms with E-state index >= 15 is 0 Å². The number of hydrogen-bond donors (Lipinski definition) is 0. The van der Waals surface area contributed by atoms with Gasteiger partial charge >= 0.3 is 0 Å². The second kappa shape index (κ2) is 6.29. The molecule has 0 spiro atoms. The van der Waals surface area contributed by atoms with Crippen molar-refractivity contribution in [3.8, 4) is 0 Å². The highest BCUT2D eigenvalue weighted by Gasteiger charge is 2.28. The lowest BCUT2D eigenvalue weighted by atomic mass is 10.1. The Bertz CT molecular complexity index is 635. The van der Waals surface area contributed by atoms with Crippen LogP contribution in [0.4, 0.5) is 0 Å². The minimum atomic E-state index is -3.15. The number of thiophene rings is 1. The average molecular weight is 342 g/mol. The van der Waals surface area contributed by atoms with Crippen LogP contribution in [-0.2, 0) is 22.9 Å². The topological polar surface area (TPSA) is 57.7 Å². The average Bonchev–Trinajstić information content (AvgIpc) is 2.77. The Hall–Kier alpha value is -0.920. The van der Waals surface area contributed by atoms with Crippen molar-refractivity contribution in [2.24, 2.45) is 0 Å². The van der Waals surface area contributed by atoms with Crippen LogP contribution >= 0.6 is 11.3 Å². The van der Waals surface area contributed by atoms with E-state index < -0.39 is 10.0 Å². The van der Waals surface area contributed by atoms with E-state index in [0.29, 0.717) is 26.2 Å². The van der Waals surface area contributed by atoms with Crippen LogP contribution in [0.1, 0.15) is 39.4 Å². The van der Waals surface area contributed by atoms with Crippen LogP contribution in [0.25, 0.3) is 0 Å². The fourth-order valence-electron chi connectivity index (χ4n) is 3.15. The van der Waals surface area contributed by atoms with E-state index in [1.165, 1.54) is 40.3 Å². The number of carbonyl (C=O) groups excluding carboxylic acids is 1. The lowest BCUT2D eigenvalue weighted by molar-refractivity contribution is 0.0703. The van der Waals surface area contributed by atoms with Gasteiger partial charge in [0.15, 0.2) is 0 Å². The van der Waals surface area contributed by atoms with Crippen LogP contribution < -0.4 is 0 Å². The number of aryl methyl sites for hydroxylation is 2. The lowest BCUT2D eigenvalue weighted by Crippen LogP contribution is -2.50. The molecule has 0 N–H and O–H groups in total. The van der Waals surface area contributed by atoms with Gasteiger partial charge in [0, 0.05) is 31.1 Å². The normalized spacial score (nSPS) is 20.5. The monoisotopic (exact) mass is 342 g/mol. The van der Waals surface area contributed by atoms with Crippen LogP contribution in [0.15, 0.2) is 6.07 Å². The molecular formula is C15H22N2O3S2. The molecule has 0 aromatic carbocycles. The number of piperazine rings is 1. The van der Waals surface area contributed by atoms with E-state index in [9.17, 15) is 13.2 Å². The molecule has 1 amide bonds. The molecule has 1 aliphatic carbocycles. The van der Waals surface area contributed by atoms with Gasteiger partial charge in [-0.15, -0.1) is 11.3 Å². The number of fused-ring (bicyclic) bond motifs is 1. The molecule has 3 rings (SSSR count). The van der Waals surface area contributed by atoms with E-state index in [0.717, 1.165) is 17.7 Å². The molecule has 0 bridgehead atoms. The molecule has 5 nitrogen and oxygen atoms in total. The predicted octanol–water partition coefficient (Wildman–Crippen LogP) is 1.73. The summed E-state index contributed by atoms with van der Waals surface area (Å²) in [5.74, 6) is 0.0613. The minimum Gasteiger partial charge on any atom is -0.335 e. The molecule has 2 aliphatic rings. The molecule has 122 valence electrons. The van der Waals surface area contributed by atoms with Gasteiger partial charge in [0.25, 0.3) is 5.91 Å². The Kier molecular flexibility index (Phi) is 4.56. The summed E-state index contributed by atoms with van der Waals surface area (Å²) in [5, 5.41) is 0. The Balaban J connectivity index is 1.68. The van der Waals surface area contributed by atoms with E-state index in [-0.39, 0.29) is 5.91 Å². The zero-order valence-corrected chi connectivity index (χ0v) is 14.5. The maximum atomic E-state index is 12.6. The minimum absolute atomic E-state index is 0.0613. The Morgan fingerprint density at radius 2 is 1.77 bits per heavy atom. The third kappa shape index (κ3) is 3.36. The zero-order valence-electron chi connectivity index (χ0n) is 12.9. The van der Waals surface area contributed by atoms with Crippen molar-refractivity contribution < 1.29 is 13.2 Å². The van der Waals surface area contributed by atoms with Crippen LogP contribution in [0.3, 0.4) is 0 Å². The second-order valence-electron chi connectivity index (χ2n) is 6.07. The number of nitrogens with zero attached hydrogens (tertiary/aromatic N) is 2. The van der Waals surface area contributed by atoms with E-state index in [2.05, 4.69) is 6.07 Å². The first-order chi connectivity index (χ1) is 10.4. The highest BCUT2D eigenvalue weighted by Crippen LogP contribution is 2.30. The fourth-order valence-corrected chi connectivity index (χ4v) is 5.20. The van der Waals surface area contributed by atoms with E-state index in [1.807, 2.05) is 0 Å². The first-order valence-corrected chi connectivity index (χ1v) is 10.5. The van der Waals surface area contributed by atoms with Crippen molar-refractivity contribution in [2.45, 2.75) is 32.1 Å². The molecule has 2 heterocycles. The maximum absolute atomic E-state index is 12.6. The lowest BCUT2D eigenvalue weighted by Gasteiger charge is -2.33. The molecule has 0 saturated carbocycles. The summed E-state index contributed by atoms with van der Waals surface area (Å²) in [6.45, 7) is 1.76. The van der Waals surface area contributed by atoms with Gasteiger partial charge in [-0.2, -0.15) is 4.31 Å². The van der Waals surface area contributed by atoms with Crippen molar-refractivity contribution in [2.75, 3.05) is 32.4 Å². The Morgan fingerprint density at radius 3 is 2.45 bits per heavy atom. The molecule has 1 aliphatic heterocycles. The third-order valence-electron chi connectivity index (χ3n) is 4.45. The summed E-state index contributed by atoms with van der Waals surface area (Å²) in [5.41, 5.74) is 1.35. The largest absolute Gasteiger partial charge is 0.335 e. The van der Waals surface area contributed by atoms with Crippen LogP contribution in [0.5, 0.6) is 0 Å². The number of carbonyl (C=O) groups is 1. The van der Waals surface area contributed by atoms with Crippen molar-refractivity contribution in [3.63, 3.8) is 0 Å². The fraction of sp³-hybridized carbons (Fsp3) is 0.667. The molecule has 22 heavy (non-hydrogen) atoms. The molecule has 0 atom stereocenters. The first kappa shape index (κ1) is 16.0. The molecule has 1 aromatic rings. The van der Waals surface area contributed by atoms with Gasteiger partial charge in [-0.3, -0.25) is 4.79 Å². The highest BCUT2D eigenvalue weighted by atomic mass is 32.2. The summed E-state index contributed by atoms with van der Waals surface area (Å²) >= 11 is 1.63. The van der Waals surface area contributed by atoms with Crippen LogP contribution in [0, 0.1) is 0 Å². The van der Waals surface area contributed by atoms with Gasteiger partial charge in [0.2, 0.25) is 10.0 Å². The molecule has 1 aromatic heterocycles. The Labute approximate surface area is 136 Å². The Morgan fingerprint density at radius 1 is 1.09 bits per heavy atom. The van der Waals surface area contributed by atoms with Gasteiger partial charge in [-0.25, -0.2) is 8.42 Å². The maximum Gasteiger partial charge on any atom is 0.264 e. The van der Waals surface area contributed by atoms with Crippen molar-refractivity contribution >= 4 is 27.3 Å². The molecular weight excluding hydrogens is 320 g/mol. The summed E-state index contributed by atoms with van der Waals surface area (Å²) in [7, 11) is -3.15. The van der Waals surface area contributed by atoms with Crippen molar-refractivity contribution in [3.05, 3.63) is 21.4 Å². The standard InChI is InChI=1S/C15H22N2O3S2/c1-22(19,20)17-9-7-16(8-10-17)15(18)14-11-12-5-3-2-4-6-13(12)21-14/h11H,2-10H2,1H3. The SMILES string of the molecule is CS(=O)(=O)N1CCN(C(=O)c2cc3c(s2)CCCCC3)CC1.